The Bertz CT molecular complexity index is 2090. The summed E-state index contributed by atoms with van der Waals surface area (Å²) in [4.78, 5) is 0. The van der Waals surface area contributed by atoms with Crippen LogP contribution in [-0.4, -0.2) is 9.52 Å². The molecule has 0 aliphatic heterocycles. The van der Waals surface area contributed by atoms with Crippen LogP contribution in [0.3, 0.4) is 0 Å². The molecular weight excluding hydrogens is 749 g/mol. The molecule has 4 aromatic rings. The van der Waals surface area contributed by atoms with E-state index in [0.29, 0.717) is 35.5 Å². The van der Waals surface area contributed by atoms with Gasteiger partial charge in [0.2, 0.25) is 0 Å². The minimum atomic E-state index is -0.437. The van der Waals surface area contributed by atoms with Crippen molar-refractivity contribution in [3.63, 3.8) is 0 Å². The topological polar surface area (TPSA) is 0 Å². The Kier molecular flexibility index (Phi) is 13.1. The summed E-state index contributed by atoms with van der Waals surface area (Å²) in [7, 11) is -0.437. The average Bonchev–Trinajstić information content (AvgIpc) is 3.71. The fourth-order valence-corrected chi connectivity index (χ4v) is 12.6. The van der Waals surface area contributed by atoms with Crippen LogP contribution in [0, 0.1) is 11.8 Å². The summed E-state index contributed by atoms with van der Waals surface area (Å²) in [5.74, 6) is 2.95. The van der Waals surface area contributed by atoms with E-state index < -0.39 is 9.52 Å². The summed E-state index contributed by atoms with van der Waals surface area (Å²) in [5.41, 5.74) is 24.3. The second-order valence-corrected chi connectivity index (χ2v) is 26.5. The third-order valence-electron chi connectivity index (χ3n) is 14.3. The van der Waals surface area contributed by atoms with Gasteiger partial charge in [0.05, 0.1) is 0 Å². The minimum Gasteiger partial charge on any atom is -0.0598 e. The van der Waals surface area contributed by atoms with Crippen molar-refractivity contribution in [3.8, 4) is 22.3 Å². The van der Waals surface area contributed by atoms with Crippen molar-refractivity contribution in [3.05, 3.63) is 127 Å². The number of fused-ring (bicyclic) bond motifs is 2. The summed E-state index contributed by atoms with van der Waals surface area (Å²) in [6, 6.07) is 27.8. The third kappa shape index (κ3) is 9.59. The molecule has 0 saturated carbocycles. The standard InChI is InChI=1S/C60H84Si/c1-35(2)45-21-23-47-51(55(45)39-25-41(57(9,10)11)29-42(26-39)58(12,13)14)31-49(37(5)6)53(47)33-61-34-54-48-24-22-46(36(3)4)56(52(48)32-50(54)38(7)8)40-27-43(59(15,16)17)30-44(28-40)60(18,19)20/h21-32,35-38,53-54H,33-34,61H2,1-20H3. The maximum absolute atomic E-state index is 2.66. The quantitative estimate of drug-likeness (QED) is 0.140. The second kappa shape index (κ2) is 16.9. The molecule has 2 atom stereocenters. The minimum absolute atomic E-state index is 0.0735. The summed E-state index contributed by atoms with van der Waals surface area (Å²) >= 11 is 0. The zero-order valence-corrected chi connectivity index (χ0v) is 43.9. The van der Waals surface area contributed by atoms with Gasteiger partial charge in [0.15, 0.2) is 0 Å². The molecule has 0 aromatic heterocycles. The second-order valence-electron chi connectivity index (χ2n) is 24.6. The van der Waals surface area contributed by atoms with Gasteiger partial charge in [0.25, 0.3) is 0 Å². The van der Waals surface area contributed by atoms with Gasteiger partial charge >= 0.3 is 0 Å². The van der Waals surface area contributed by atoms with E-state index in [1.165, 1.54) is 78.8 Å². The van der Waals surface area contributed by atoms with Crippen molar-refractivity contribution in [2.24, 2.45) is 11.8 Å². The highest BCUT2D eigenvalue weighted by Gasteiger charge is 2.35. The van der Waals surface area contributed by atoms with Crippen LogP contribution >= 0.6 is 0 Å². The SMILES string of the molecule is CC(C)C1=Cc2c(ccc(C(C)C)c2-c2cc(C(C)(C)C)cc(C(C)(C)C)c2)C1C[SiH2]CC1C(C(C)C)=Cc2c1ccc(C(C)C)c2-c1cc(C(C)(C)C)cc(C(C)(C)C)c1. The van der Waals surface area contributed by atoms with Crippen LogP contribution in [0.5, 0.6) is 0 Å². The summed E-state index contributed by atoms with van der Waals surface area (Å²) in [6.45, 7) is 47.7. The van der Waals surface area contributed by atoms with E-state index >= 15 is 0 Å². The summed E-state index contributed by atoms with van der Waals surface area (Å²) < 4.78 is 0. The van der Waals surface area contributed by atoms with E-state index in [2.05, 4.69) is 211 Å². The average molecular weight is 833 g/mol. The number of hydrogen-bond donors (Lipinski definition) is 0. The number of allylic oxidation sites excluding steroid dienone is 2. The lowest BCUT2D eigenvalue weighted by Crippen LogP contribution is -2.17. The van der Waals surface area contributed by atoms with Crippen molar-refractivity contribution < 1.29 is 0 Å². The van der Waals surface area contributed by atoms with E-state index in [4.69, 9.17) is 0 Å². The van der Waals surface area contributed by atoms with Crippen LogP contribution in [-0.2, 0) is 21.7 Å². The highest BCUT2D eigenvalue weighted by molar-refractivity contribution is 6.36. The normalized spacial score (nSPS) is 17.4. The zero-order chi connectivity index (χ0) is 45.3. The first-order valence-electron chi connectivity index (χ1n) is 24.2. The predicted molar refractivity (Wildman–Crippen MR) is 276 cm³/mol. The Labute approximate surface area is 377 Å². The molecule has 2 unspecified atom stereocenters. The van der Waals surface area contributed by atoms with Gasteiger partial charge in [0, 0.05) is 21.4 Å². The van der Waals surface area contributed by atoms with Crippen LogP contribution in [0.1, 0.15) is 218 Å². The van der Waals surface area contributed by atoms with Gasteiger partial charge in [-0.1, -0.05) is 235 Å². The monoisotopic (exact) mass is 833 g/mol. The van der Waals surface area contributed by atoms with E-state index in [0.717, 1.165) is 0 Å². The van der Waals surface area contributed by atoms with Crippen molar-refractivity contribution in [2.45, 2.75) is 196 Å². The molecule has 0 nitrogen and oxygen atoms in total. The lowest BCUT2D eigenvalue weighted by Gasteiger charge is -2.28. The van der Waals surface area contributed by atoms with Gasteiger partial charge in [-0.15, -0.1) is 0 Å². The first-order chi connectivity index (χ1) is 28.1. The van der Waals surface area contributed by atoms with Crippen LogP contribution in [0.2, 0.25) is 12.1 Å². The maximum atomic E-state index is 2.66. The Balaban J connectivity index is 1.42. The summed E-state index contributed by atoms with van der Waals surface area (Å²) in [6.07, 6.45) is 5.31. The molecule has 1 heteroatoms. The lowest BCUT2D eigenvalue weighted by molar-refractivity contribution is 0.568. The van der Waals surface area contributed by atoms with Crippen LogP contribution in [0.4, 0.5) is 0 Å². The van der Waals surface area contributed by atoms with Crippen molar-refractivity contribution >= 4 is 21.7 Å². The highest BCUT2D eigenvalue weighted by Crippen LogP contribution is 2.52. The van der Waals surface area contributed by atoms with Crippen molar-refractivity contribution in [2.75, 3.05) is 0 Å². The van der Waals surface area contributed by atoms with E-state index in [1.54, 1.807) is 22.3 Å². The molecule has 0 heterocycles. The van der Waals surface area contributed by atoms with Gasteiger partial charge in [0.1, 0.15) is 0 Å². The largest absolute Gasteiger partial charge is 0.0598 e. The molecule has 0 amide bonds. The molecule has 0 radical (unpaired) electrons. The molecule has 0 bridgehead atoms. The molecule has 0 fully saturated rings. The maximum Gasteiger partial charge on any atom is 0.0218 e. The molecule has 0 spiro atoms. The Hall–Kier alpha value is -3.42. The molecule has 6 rings (SSSR count). The van der Waals surface area contributed by atoms with Crippen LogP contribution in [0.25, 0.3) is 34.4 Å². The summed E-state index contributed by atoms with van der Waals surface area (Å²) in [5, 5.41) is 0. The fourth-order valence-electron chi connectivity index (χ4n) is 10.3. The van der Waals surface area contributed by atoms with Gasteiger partial charge in [-0.3, -0.25) is 0 Å². The predicted octanol–water partition coefficient (Wildman–Crippen LogP) is 17.4. The first-order valence-corrected chi connectivity index (χ1v) is 26.2. The number of rotatable bonds is 10. The Morgan fingerprint density at radius 1 is 0.410 bits per heavy atom. The van der Waals surface area contributed by atoms with Gasteiger partial charge in [-0.2, -0.15) is 0 Å². The molecule has 328 valence electrons. The highest BCUT2D eigenvalue weighted by atomic mass is 28.2. The molecule has 0 saturated heterocycles. The van der Waals surface area contributed by atoms with Crippen molar-refractivity contribution in [1.29, 1.82) is 0 Å². The molecule has 61 heavy (non-hydrogen) atoms. The Morgan fingerprint density at radius 3 is 0.951 bits per heavy atom. The van der Waals surface area contributed by atoms with E-state index in [-0.39, 0.29) is 21.7 Å². The zero-order valence-electron chi connectivity index (χ0n) is 42.5. The van der Waals surface area contributed by atoms with Gasteiger partial charge in [-0.05, 0) is 123 Å². The first kappa shape index (κ1) is 47.1. The fraction of sp³-hybridized carbons (Fsp3) is 0.533. The molecule has 2 aliphatic rings. The molecular formula is C60H84Si. The van der Waals surface area contributed by atoms with E-state index in [9.17, 15) is 0 Å². The number of hydrogen-bond acceptors (Lipinski definition) is 0. The number of benzene rings is 4. The molecule has 2 aliphatic carbocycles. The lowest BCUT2D eigenvalue weighted by atomic mass is 9.77. The van der Waals surface area contributed by atoms with Gasteiger partial charge in [-0.25, -0.2) is 0 Å². The van der Waals surface area contributed by atoms with E-state index in [1.807, 2.05) is 0 Å². The van der Waals surface area contributed by atoms with Gasteiger partial charge < -0.3 is 0 Å². The van der Waals surface area contributed by atoms with Crippen LogP contribution < -0.4 is 0 Å². The Morgan fingerprint density at radius 2 is 0.705 bits per heavy atom. The smallest absolute Gasteiger partial charge is 0.0218 e. The molecule has 4 aromatic carbocycles. The van der Waals surface area contributed by atoms with Crippen molar-refractivity contribution in [1.82, 2.24) is 0 Å². The van der Waals surface area contributed by atoms with Crippen LogP contribution in [0.15, 0.2) is 71.8 Å². The molecule has 0 N–H and O–H groups in total. The third-order valence-corrected chi connectivity index (χ3v) is 16.2.